The van der Waals surface area contributed by atoms with E-state index in [2.05, 4.69) is 19.2 Å². The minimum absolute atomic E-state index is 0.157. The molecule has 1 saturated heterocycles. The van der Waals surface area contributed by atoms with Crippen molar-refractivity contribution >= 4 is 6.09 Å². The van der Waals surface area contributed by atoms with E-state index in [0.717, 1.165) is 6.42 Å². The first kappa shape index (κ1) is 9.36. The summed E-state index contributed by atoms with van der Waals surface area (Å²) in [6.07, 6.45) is 0.685. The molecule has 0 bridgehead atoms. The number of nitrogens with one attached hydrogen (secondary N) is 1. The SMILES string of the molecule is CC(C)CC1NC(=O)OC1(C)C. The number of alkyl carbamates (subject to hydrolysis) is 1. The Hall–Kier alpha value is -0.730. The highest BCUT2D eigenvalue weighted by atomic mass is 16.6. The lowest BCUT2D eigenvalue weighted by Crippen LogP contribution is -2.39. The molecule has 3 heteroatoms. The van der Waals surface area contributed by atoms with Gasteiger partial charge in [-0.15, -0.1) is 0 Å². The summed E-state index contributed by atoms with van der Waals surface area (Å²) in [5, 5.41) is 2.81. The highest BCUT2D eigenvalue weighted by molar-refractivity contribution is 5.70. The van der Waals surface area contributed by atoms with E-state index in [9.17, 15) is 4.79 Å². The van der Waals surface area contributed by atoms with E-state index in [-0.39, 0.29) is 17.7 Å². The van der Waals surface area contributed by atoms with Crippen molar-refractivity contribution in [3.63, 3.8) is 0 Å². The Labute approximate surface area is 73.5 Å². The summed E-state index contributed by atoms with van der Waals surface area (Å²) in [6.45, 7) is 8.16. The molecule has 0 aliphatic carbocycles. The Morgan fingerprint density at radius 3 is 2.50 bits per heavy atom. The van der Waals surface area contributed by atoms with Crippen molar-refractivity contribution < 1.29 is 9.53 Å². The van der Waals surface area contributed by atoms with Gasteiger partial charge < -0.3 is 10.1 Å². The molecule has 1 amide bonds. The van der Waals surface area contributed by atoms with E-state index in [1.807, 2.05) is 13.8 Å². The van der Waals surface area contributed by atoms with Gasteiger partial charge in [0, 0.05) is 0 Å². The summed E-state index contributed by atoms with van der Waals surface area (Å²) < 4.78 is 5.11. The topological polar surface area (TPSA) is 38.3 Å². The molecule has 0 aromatic rings. The largest absolute Gasteiger partial charge is 0.441 e. The number of rotatable bonds is 2. The summed E-state index contributed by atoms with van der Waals surface area (Å²) in [5.74, 6) is 0.580. The Bertz CT molecular complexity index is 187. The minimum Gasteiger partial charge on any atom is -0.441 e. The molecule has 1 atom stereocenters. The molecular formula is C9H17NO2. The van der Waals surface area contributed by atoms with Gasteiger partial charge in [-0.05, 0) is 26.2 Å². The Kier molecular flexibility index (Phi) is 2.31. The number of hydrogen-bond donors (Lipinski definition) is 1. The maximum atomic E-state index is 10.9. The van der Waals surface area contributed by atoms with Gasteiger partial charge >= 0.3 is 6.09 Å². The van der Waals surface area contributed by atoms with Crippen molar-refractivity contribution in [2.24, 2.45) is 5.92 Å². The summed E-state index contributed by atoms with van der Waals surface area (Å²) in [7, 11) is 0. The monoisotopic (exact) mass is 171 g/mol. The molecule has 0 aromatic heterocycles. The van der Waals surface area contributed by atoms with Gasteiger partial charge in [-0.2, -0.15) is 0 Å². The molecule has 1 fully saturated rings. The standard InChI is InChI=1S/C9H17NO2/c1-6(2)5-7-9(3,4)12-8(11)10-7/h6-7H,5H2,1-4H3,(H,10,11). The predicted molar refractivity (Wildman–Crippen MR) is 46.9 cm³/mol. The number of amides is 1. The molecule has 0 aromatic carbocycles. The second-order valence-electron chi connectivity index (χ2n) is 4.32. The van der Waals surface area contributed by atoms with Crippen LogP contribution in [0.1, 0.15) is 34.1 Å². The third kappa shape index (κ3) is 1.90. The van der Waals surface area contributed by atoms with Gasteiger partial charge in [0.05, 0.1) is 6.04 Å². The quantitative estimate of drug-likeness (QED) is 0.689. The van der Waals surface area contributed by atoms with Crippen LogP contribution in [0, 0.1) is 5.92 Å². The molecule has 1 heterocycles. The van der Waals surface area contributed by atoms with Gasteiger partial charge in [0.25, 0.3) is 0 Å². The van der Waals surface area contributed by atoms with Crippen LogP contribution in [-0.4, -0.2) is 17.7 Å². The zero-order chi connectivity index (χ0) is 9.35. The predicted octanol–water partition coefficient (Wildman–Crippen LogP) is 1.92. The van der Waals surface area contributed by atoms with Crippen LogP contribution in [0.25, 0.3) is 0 Å². The number of hydrogen-bond acceptors (Lipinski definition) is 2. The molecule has 1 rings (SSSR count). The third-order valence-electron chi connectivity index (χ3n) is 2.19. The fraction of sp³-hybridized carbons (Fsp3) is 0.889. The zero-order valence-electron chi connectivity index (χ0n) is 8.18. The normalized spacial score (nSPS) is 27.1. The third-order valence-corrected chi connectivity index (χ3v) is 2.19. The Balaban J connectivity index is 2.59. The minimum atomic E-state index is -0.346. The van der Waals surface area contributed by atoms with Gasteiger partial charge in [-0.3, -0.25) is 0 Å². The second kappa shape index (κ2) is 2.96. The number of ether oxygens (including phenoxy) is 1. The van der Waals surface area contributed by atoms with E-state index in [1.165, 1.54) is 0 Å². The molecule has 1 aliphatic rings. The maximum Gasteiger partial charge on any atom is 0.408 e. The zero-order valence-corrected chi connectivity index (χ0v) is 8.18. The van der Waals surface area contributed by atoms with Crippen LogP contribution < -0.4 is 5.32 Å². The van der Waals surface area contributed by atoms with Gasteiger partial charge in [0.15, 0.2) is 0 Å². The molecule has 0 saturated carbocycles. The molecule has 3 nitrogen and oxygen atoms in total. The first-order chi connectivity index (χ1) is 5.42. The Morgan fingerprint density at radius 1 is 1.58 bits per heavy atom. The average Bonchev–Trinajstić information content (AvgIpc) is 2.04. The highest BCUT2D eigenvalue weighted by Crippen LogP contribution is 2.25. The molecule has 1 unspecified atom stereocenters. The number of carbonyl (C=O) groups excluding carboxylic acids is 1. The van der Waals surface area contributed by atoms with Crippen molar-refractivity contribution in [3.05, 3.63) is 0 Å². The summed E-state index contributed by atoms with van der Waals surface area (Å²) >= 11 is 0. The lowest BCUT2D eigenvalue weighted by Gasteiger charge is -2.24. The van der Waals surface area contributed by atoms with E-state index in [4.69, 9.17) is 4.74 Å². The van der Waals surface area contributed by atoms with Crippen molar-refractivity contribution in [1.82, 2.24) is 5.32 Å². The van der Waals surface area contributed by atoms with Gasteiger partial charge in [0.2, 0.25) is 0 Å². The van der Waals surface area contributed by atoms with Crippen molar-refractivity contribution in [3.8, 4) is 0 Å². The van der Waals surface area contributed by atoms with Gasteiger partial charge in [0.1, 0.15) is 5.60 Å². The first-order valence-electron chi connectivity index (χ1n) is 4.41. The highest BCUT2D eigenvalue weighted by Gasteiger charge is 2.41. The number of cyclic esters (lactones) is 1. The summed E-state index contributed by atoms with van der Waals surface area (Å²) in [5.41, 5.74) is -0.346. The molecule has 0 spiro atoms. The van der Waals surface area contributed by atoms with Gasteiger partial charge in [-0.25, -0.2) is 4.79 Å². The van der Waals surface area contributed by atoms with Crippen molar-refractivity contribution in [2.75, 3.05) is 0 Å². The molecule has 0 radical (unpaired) electrons. The van der Waals surface area contributed by atoms with Crippen LogP contribution in [-0.2, 0) is 4.74 Å². The van der Waals surface area contributed by atoms with Crippen molar-refractivity contribution in [2.45, 2.75) is 45.8 Å². The van der Waals surface area contributed by atoms with Crippen molar-refractivity contribution in [1.29, 1.82) is 0 Å². The molecule has 1 aliphatic heterocycles. The fourth-order valence-corrected chi connectivity index (χ4v) is 1.47. The Morgan fingerprint density at radius 2 is 2.17 bits per heavy atom. The van der Waals surface area contributed by atoms with Crippen LogP contribution in [0.15, 0.2) is 0 Å². The molecule has 1 N–H and O–H groups in total. The van der Waals surface area contributed by atoms with Crippen LogP contribution in [0.3, 0.4) is 0 Å². The number of carbonyl (C=O) groups is 1. The first-order valence-corrected chi connectivity index (χ1v) is 4.41. The summed E-state index contributed by atoms with van der Waals surface area (Å²) in [6, 6.07) is 0.157. The molecule has 12 heavy (non-hydrogen) atoms. The summed E-state index contributed by atoms with van der Waals surface area (Å²) in [4.78, 5) is 10.9. The average molecular weight is 171 g/mol. The van der Waals surface area contributed by atoms with E-state index in [0.29, 0.717) is 5.92 Å². The van der Waals surface area contributed by atoms with Crippen LogP contribution in [0.5, 0.6) is 0 Å². The van der Waals surface area contributed by atoms with E-state index in [1.54, 1.807) is 0 Å². The molecular weight excluding hydrogens is 154 g/mol. The second-order valence-corrected chi connectivity index (χ2v) is 4.32. The lowest BCUT2D eigenvalue weighted by atomic mass is 9.92. The molecule has 70 valence electrons. The van der Waals surface area contributed by atoms with Crippen LogP contribution >= 0.6 is 0 Å². The maximum absolute atomic E-state index is 10.9. The van der Waals surface area contributed by atoms with E-state index < -0.39 is 0 Å². The lowest BCUT2D eigenvalue weighted by molar-refractivity contribution is 0.0641. The fourth-order valence-electron chi connectivity index (χ4n) is 1.47. The van der Waals surface area contributed by atoms with Crippen LogP contribution in [0.4, 0.5) is 4.79 Å². The van der Waals surface area contributed by atoms with E-state index >= 15 is 0 Å². The van der Waals surface area contributed by atoms with Gasteiger partial charge in [-0.1, -0.05) is 13.8 Å². The smallest absolute Gasteiger partial charge is 0.408 e. The van der Waals surface area contributed by atoms with Crippen LogP contribution in [0.2, 0.25) is 0 Å².